The van der Waals surface area contributed by atoms with Gasteiger partial charge in [0.25, 0.3) is 0 Å². The summed E-state index contributed by atoms with van der Waals surface area (Å²) in [6.07, 6.45) is 3.53. The van der Waals surface area contributed by atoms with E-state index >= 15 is 0 Å². The highest BCUT2D eigenvalue weighted by atomic mass is 35.5. The second-order valence-electron chi connectivity index (χ2n) is 5.78. The van der Waals surface area contributed by atoms with Crippen LogP contribution < -0.4 is 4.74 Å². The summed E-state index contributed by atoms with van der Waals surface area (Å²) in [5, 5.41) is -0.200. The highest BCUT2D eigenvalue weighted by molar-refractivity contribution is 6.20. The van der Waals surface area contributed by atoms with Crippen molar-refractivity contribution in [2.24, 2.45) is 5.92 Å². The number of alkyl halides is 1. The van der Waals surface area contributed by atoms with Crippen LogP contribution in [0.15, 0.2) is 12.1 Å². The zero-order valence-electron chi connectivity index (χ0n) is 12.6. The first-order chi connectivity index (χ1) is 10.1. The molecule has 1 saturated carbocycles. The lowest BCUT2D eigenvalue weighted by molar-refractivity contribution is 0.387. The van der Waals surface area contributed by atoms with Crippen molar-refractivity contribution in [2.75, 3.05) is 7.11 Å². The van der Waals surface area contributed by atoms with Crippen molar-refractivity contribution in [1.82, 2.24) is 9.55 Å². The Morgan fingerprint density at radius 1 is 1.52 bits per heavy atom. The summed E-state index contributed by atoms with van der Waals surface area (Å²) in [5.74, 6) is 1.37. The van der Waals surface area contributed by atoms with Gasteiger partial charge in [-0.1, -0.05) is 13.3 Å². The minimum absolute atomic E-state index is 0.200. The summed E-state index contributed by atoms with van der Waals surface area (Å²) in [7, 11) is 1.48. The monoisotopic (exact) mass is 310 g/mol. The molecule has 1 fully saturated rings. The van der Waals surface area contributed by atoms with E-state index in [9.17, 15) is 4.39 Å². The molecular weight excluding hydrogens is 291 g/mol. The molecule has 1 heterocycles. The van der Waals surface area contributed by atoms with E-state index in [0.717, 1.165) is 17.8 Å². The van der Waals surface area contributed by atoms with E-state index in [4.69, 9.17) is 16.3 Å². The van der Waals surface area contributed by atoms with Gasteiger partial charge in [-0.05, 0) is 25.7 Å². The summed E-state index contributed by atoms with van der Waals surface area (Å²) in [6.45, 7) is 4.11. The number of aromatic nitrogens is 2. The Morgan fingerprint density at radius 2 is 2.29 bits per heavy atom. The fourth-order valence-electron chi connectivity index (χ4n) is 3.13. The van der Waals surface area contributed by atoms with Crippen LogP contribution >= 0.6 is 11.6 Å². The Kier molecular flexibility index (Phi) is 3.82. The number of methoxy groups -OCH3 is 1. The normalized spacial score (nSPS) is 22.5. The van der Waals surface area contributed by atoms with Crippen molar-refractivity contribution in [2.45, 2.75) is 44.5 Å². The van der Waals surface area contributed by atoms with Crippen LogP contribution in [-0.2, 0) is 0 Å². The van der Waals surface area contributed by atoms with E-state index < -0.39 is 0 Å². The molecule has 3 atom stereocenters. The van der Waals surface area contributed by atoms with Crippen LogP contribution in [0.25, 0.3) is 11.0 Å². The van der Waals surface area contributed by atoms with Crippen LogP contribution in [0.5, 0.6) is 5.75 Å². The van der Waals surface area contributed by atoms with Gasteiger partial charge in [0, 0.05) is 18.2 Å². The molecule has 1 aromatic carbocycles. The smallest absolute Gasteiger partial charge is 0.167 e. The third-order valence-corrected chi connectivity index (χ3v) is 4.42. The largest absolute Gasteiger partial charge is 0.494 e. The fraction of sp³-hybridized carbons (Fsp3) is 0.562. The highest BCUT2D eigenvalue weighted by Crippen LogP contribution is 2.49. The SMILES string of the molecule is CCCC1CC1n1c(C(C)Cl)nc2cc(F)c(OC)cc21. The second-order valence-corrected chi connectivity index (χ2v) is 6.44. The Bertz CT molecular complexity index is 668. The van der Waals surface area contributed by atoms with Gasteiger partial charge in [-0.2, -0.15) is 0 Å². The summed E-state index contributed by atoms with van der Waals surface area (Å²) in [4.78, 5) is 4.54. The molecule has 0 amide bonds. The Morgan fingerprint density at radius 3 is 2.90 bits per heavy atom. The maximum atomic E-state index is 13.9. The topological polar surface area (TPSA) is 27.1 Å². The number of fused-ring (bicyclic) bond motifs is 1. The van der Waals surface area contributed by atoms with E-state index in [2.05, 4.69) is 16.5 Å². The maximum Gasteiger partial charge on any atom is 0.167 e. The van der Waals surface area contributed by atoms with Crippen molar-refractivity contribution in [1.29, 1.82) is 0 Å². The van der Waals surface area contributed by atoms with Gasteiger partial charge in [-0.3, -0.25) is 0 Å². The predicted molar refractivity (Wildman–Crippen MR) is 82.6 cm³/mol. The Balaban J connectivity index is 2.13. The highest BCUT2D eigenvalue weighted by Gasteiger charge is 2.40. The average Bonchev–Trinajstić information content (AvgIpc) is 3.09. The second kappa shape index (κ2) is 5.48. The van der Waals surface area contributed by atoms with Gasteiger partial charge in [0.1, 0.15) is 5.82 Å². The average molecular weight is 311 g/mol. The zero-order chi connectivity index (χ0) is 15.1. The number of imidazole rings is 1. The summed E-state index contributed by atoms with van der Waals surface area (Å²) in [6, 6.07) is 3.60. The molecule has 0 radical (unpaired) electrons. The third kappa shape index (κ3) is 2.50. The van der Waals surface area contributed by atoms with Crippen LogP contribution in [0.4, 0.5) is 4.39 Å². The van der Waals surface area contributed by atoms with Gasteiger partial charge in [0.2, 0.25) is 0 Å². The molecular formula is C16H20ClFN2O. The Labute approximate surface area is 129 Å². The first-order valence-electron chi connectivity index (χ1n) is 7.46. The summed E-state index contributed by atoms with van der Waals surface area (Å²) >= 11 is 6.28. The molecule has 5 heteroatoms. The minimum Gasteiger partial charge on any atom is -0.494 e. The van der Waals surface area contributed by atoms with Crippen LogP contribution in [-0.4, -0.2) is 16.7 Å². The molecule has 0 aliphatic heterocycles. The number of benzene rings is 1. The molecule has 1 aromatic heterocycles. The number of ether oxygens (including phenoxy) is 1. The standard InChI is InChI=1S/C16H20ClFN2O/c1-4-5-10-6-13(10)20-14-8-15(21-3)11(18)7-12(14)19-16(20)9(2)17/h7-10,13H,4-6H2,1-3H3. The number of hydrogen-bond acceptors (Lipinski definition) is 2. The molecule has 3 rings (SSSR count). The van der Waals surface area contributed by atoms with Gasteiger partial charge in [0.05, 0.1) is 23.5 Å². The zero-order valence-corrected chi connectivity index (χ0v) is 13.3. The quantitative estimate of drug-likeness (QED) is 0.738. The molecule has 0 bridgehead atoms. The maximum absolute atomic E-state index is 13.9. The van der Waals surface area contributed by atoms with Gasteiger partial charge in [0.15, 0.2) is 11.6 Å². The first-order valence-corrected chi connectivity index (χ1v) is 7.89. The van der Waals surface area contributed by atoms with E-state index in [1.54, 1.807) is 6.07 Å². The van der Waals surface area contributed by atoms with Gasteiger partial charge in [-0.15, -0.1) is 11.6 Å². The first kappa shape index (κ1) is 14.6. The molecule has 3 unspecified atom stereocenters. The predicted octanol–water partition coefficient (Wildman–Crippen LogP) is 4.84. The lowest BCUT2D eigenvalue weighted by Crippen LogP contribution is -2.04. The van der Waals surface area contributed by atoms with Crippen molar-refractivity contribution in [3.8, 4) is 5.75 Å². The van der Waals surface area contributed by atoms with E-state index in [1.807, 2.05) is 6.92 Å². The van der Waals surface area contributed by atoms with E-state index in [-0.39, 0.29) is 16.9 Å². The molecule has 3 nitrogen and oxygen atoms in total. The van der Waals surface area contributed by atoms with Crippen LogP contribution in [0, 0.1) is 11.7 Å². The molecule has 1 aliphatic rings. The number of nitrogens with zero attached hydrogens (tertiary/aromatic N) is 2. The fourth-order valence-corrected chi connectivity index (χ4v) is 3.28. The van der Waals surface area contributed by atoms with Crippen molar-refractivity contribution >= 4 is 22.6 Å². The minimum atomic E-state index is -0.385. The molecule has 0 saturated heterocycles. The number of hydrogen-bond donors (Lipinski definition) is 0. The lowest BCUT2D eigenvalue weighted by atomic mass is 10.2. The van der Waals surface area contributed by atoms with Crippen LogP contribution in [0.3, 0.4) is 0 Å². The van der Waals surface area contributed by atoms with Gasteiger partial charge >= 0.3 is 0 Å². The van der Waals surface area contributed by atoms with E-state index in [0.29, 0.717) is 17.5 Å². The van der Waals surface area contributed by atoms with Crippen molar-refractivity contribution < 1.29 is 9.13 Å². The lowest BCUT2D eigenvalue weighted by Gasteiger charge is -2.11. The summed E-state index contributed by atoms with van der Waals surface area (Å²) < 4.78 is 21.2. The van der Waals surface area contributed by atoms with Crippen molar-refractivity contribution in [3.63, 3.8) is 0 Å². The molecule has 2 aromatic rings. The third-order valence-electron chi connectivity index (χ3n) is 4.22. The Hall–Kier alpha value is -1.29. The number of halogens is 2. The molecule has 0 spiro atoms. The van der Waals surface area contributed by atoms with Gasteiger partial charge in [-0.25, -0.2) is 9.37 Å². The number of rotatable bonds is 5. The molecule has 1 aliphatic carbocycles. The van der Waals surface area contributed by atoms with Crippen molar-refractivity contribution in [3.05, 3.63) is 23.8 Å². The molecule has 21 heavy (non-hydrogen) atoms. The van der Waals surface area contributed by atoms with Crippen LogP contribution in [0.1, 0.15) is 50.4 Å². The summed E-state index contributed by atoms with van der Waals surface area (Å²) in [5.41, 5.74) is 1.57. The van der Waals surface area contributed by atoms with Gasteiger partial charge < -0.3 is 9.30 Å². The van der Waals surface area contributed by atoms with E-state index in [1.165, 1.54) is 26.0 Å². The molecule has 0 N–H and O–H groups in total. The molecule has 114 valence electrons. The van der Waals surface area contributed by atoms with Crippen LogP contribution in [0.2, 0.25) is 0 Å².